The van der Waals surface area contributed by atoms with Crippen LogP contribution < -0.4 is 9.64 Å². The fraction of sp³-hybridized carbons (Fsp3) is 0.450. The number of hydrogen-bond donors (Lipinski definition) is 1. The van der Waals surface area contributed by atoms with Gasteiger partial charge in [-0.2, -0.15) is 5.26 Å². The lowest BCUT2D eigenvalue weighted by Gasteiger charge is -2.34. The Morgan fingerprint density at radius 3 is 2.85 bits per heavy atom. The van der Waals surface area contributed by atoms with E-state index >= 15 is 0 Å². The molecule has 0 saturated carbocycles. The number of aromatic hydroxyl groups is 1. The van der Waals surface area contributed by atoms with Crippen LogP contribution in [0.1, 0.15) is 24.5 Å². The number of fused-ring (bicyclic) bond motifs is 1. The van der Waals surface area contributed by atoms with Crippen molar-refractivity contribution in [3.05, 3.63) is 29.3 Å². The highest BCUT2D eigenvalue weighted by Crippen LogP contribution is 2.38. The van der Waals surface area contributed by atoms with Gasteiger partial charge in [-0.05, 0) is 37.6 Å². The number of likely N-dealkylation sites (N-methyl/N-ethyl adjacent to an activating group) is 1. The maximum atomic E-state index is 10.4. The molecule has 1 aromatic carbocycles. The monoisotopic (exact) mass is 365 g/mol. The second-order valence-corrected chi connectivity index (χ2v) is 7.09. The zero-order valence-electron chi connectivity index (χ0n) is 15.6. The molecule has 2 aliphatic rings. The van der Waals surface area contributed by atoms with Gasteiger partial charge in [0.15, 0.2) is 11.6 Å². The maximum absolute atomic E-state index is 10.4. The number of benzene rings is 1. The van der Waals surface area contributed by atoms with Crippen LogP contribution in [0.3, 0.4) is 0 Å². The Bertz CT molecular complexity index is 885. The van der Waals surface area contributed by atoms with Crippen LogP contribution >= 0.6 is 0 Å². The molecular weight excluding hydrogens is 342 g/mol. The first-order chi connectivity index (χ1) is 13.1. The van der Waals surface area contributed by atoms with Crippen LogP contribution in [0, 0.1) is 18.3 Å². The van der Waals surface area contributed by atoms with Crippen LogP contribution in [0.2, 0.25) is 0 Å². The normalized spacial score (nSPS) is 19.4. The summed E-state index contributed by atoms with van der Waals surface area (Å²) >= 11 is 0. The van der Waals surface area contributed by atoms with Crippen LogP contribution in [0.5, 0.6) is 11.5 Å². The van der Waals surface area contributed by atoms with Gasteiger partial charge in [0, 0.05) is 30.8 Å². The van der Waals surface area contributed by atoms with Crippen molar-refractivity contribution in [2.45, 2.75) is 26.3 Å². The fourth-order valence-electron chi connectivity index (χ4n) is 4.03. The number of aryl methyl sites for hydroxylation is 1. The van der Waals surface area contributed by atoms with Crippen LogP contribution in [-0.4, -0.2) is 59.0 Å². The molecule has 0 unspecified atom stereocenters. The Labute approximate surface area is 158 Å². The van der Waals surface area contributed by atoms with E-state index in [0.29, 0.717) is 35.2 Å². The van der Waals surface area contributed by atoms with Crippen LogP contribution in [-0.2, 0) is 0 Å². The summed E-state index contributed by atoms with van der Waals surface area (Å²) in [6, 6.07) is 7.51. The predicted octanol–water partition coefficient (Wildman–Crippen LogP) is 2.32. The summed E-state index contributed by atoms with van der Waals surface area (Å²) in [7, 11) is 0. The van der Waals surface area contributed by atoms with E-state index in [4.69, 9.17) is 10.00 Å². The minimum atomic E-state index is 0.0304. The van der Waals surface area contributed by atoms with E-state index in [1.807, 2.05) is 13.0 Å². The SMILES string of the molecule is CCN1CC[C@@H](N2CCOc3cc(-c4c(C)cc(C#N)cc4O)nnc32)C1. The highest BCUT2D eigenvalue weighted by molar-refractivity contribution is 5.74. The number of phenolic OH excluding ortho intramolecular Hbond substituents is 1. The molecule has 3 heterocycles. The minimum absolute atomic E-state index is 0.0304. The molecule has 0 radical (unpaired) electrons. The lowest BCUT2D eigenvalue weighted by atomic mass is 10.0. The molecule has 2 aromatic rings. The predicted molar refractivity (Wildman–Crippen MR) is 102 cm³/mol. The molecule has 7 heteroatoms. The number of rotatable bonds is 3. The number of hydrogen-bond acceptors (Lipinski definition) is 7. The van der Waals surface area contributed by atoms with Gasteiger partial charge in [0.05, 0.1) is 18.2 Å². The fourth-order valence-corrected chi connectivity index (χ4v) is 4.03. The van der Waals surface area contributed by atoms with Gasteiger partial charge >= 0.3 is 0 Å². The molecule has 1 fully saturated rings. The van der Waals surface area contributed by atoms with E-state index in [9.17, 15) is 5.11 Å². The molecule has 4 rings (SSSR count). The Morgan fingerprint density at radius 2 is 2.15 bits per heavy atom. The molecular formula is C20H23N5O2. The van der Waals surface area contributed by atoms with Gasteiger partial charge in [-0.1, -0.05) is 6.92 Å². The van der Waals surface area contributed by atoms with E-state index in [-0.39, 0.29) is 5.75 Å². The quantitative estimate of drug-likeness (QED) is 0.893. The second-order valence-electron chi connectivity index (χ2n) is 7.09. The summed E-state index contributed by atoms with van der Waals surface area (Å²) < 4.78 is 5.86. The van der Waals surface area contributed by atoms with Gasteiger partial charge in [-0.3, -0.25) is 0 Å². The first-order valence-electron chi connectivity index (χ1n) is 9.34. The Kier molecular flexibility index (Phi) is 4.58. The highest BCUT2D eigenvalue weighted by Gasteiger charge is 2.32. The number of phenols is 1. The third-order valence-electron chi connectivity index (χ3n) is 5.44. The number of ether oxygens (including phenoxy) is 1. The summed E-state index contributed by atoms with van der Waals surface area (Å²) in [6.45, 7) is 8.67. The molecule has 7 nitrogen and oxygen atoms in total. The maximum Gasteiger partial charge on any atom is 0.194 e. The minimum Gasteiger partial charge on any atom is -0.507 e. The lowest BCUT2D eigenvalue weighted by Crippen LogP contribution is -2.43. The van der Waals surface area contributed by atoms with Crippen molar-refractivity contribution in [1.82, 2.24) is 15.1 Å². The topological polar surface area (TPSA) is 85.5 Å². The van der Waals surface area contributed by atoms with Crippen molar-refractivity contribution in [2.24, 2.45) is 0 Å². The third-order valence-corrected chi connectivity index (χ3v) is 5.44. The van der Waals surface area contributed by atoms with Gasteiger partial charge in [-0.25, -0.2) is 0 Å². The first-order valence-corrected chi connectivity index (χ1v) is 9.34. The molecule has 140 valence electrons. The highest BCUT2D eigenvalue weighted by atomic mass is 16.5. The summed E-state index contributed by atoms with van der Waals surface area (Å²) in [5, 5.41) is 28.2. The summed E-state index contributed by atoms with van der Waals surface area (Å²) in [4.78, 5) is 4.75. The molecule has 27 heavy (non-hydrogen) atoms. The standard InChI is InChI=1S/C20H23N5O2/c1-3-24-5-4-15(12-24)25-6-7-27-18-10-16(22-23-20(18)25)19-13(2)8-14(11-21)9-17(19)26/h8-10,15,26H,3-7,12H2,1-2H3/t15-/m1/s1. The van der Waals surface area contributed by atoms with Gasteiger partial charge in [0.25, 0.3) is 0 Å². The number of aromatic nitrogens is 2. The van der Waals surface area contributed by atoms with E-state index < -0.39 is 0 Å². The molecule has 1 N–H and O–H groups in total. The average molecular weight is 365 g/mol. The molecule has 1 saturated heterocycles. The third kappa shape index (κ3) is 3.17. The molecule has 0 amide bonds. The second kappa shape index (κ2) is 7.05. The molecule has 2 aliphatic heterocycles. The first kappa shape index (κ1) is 17.6. The number of anilines is 1. The molecule has 0 aliphatic carbocycles. The largest absolute Gasteiger partial charge is 0.507 e. The van der Waals surface area contributed by atoms with Gasteiger partial charge in [0.1, 0.15) is 18.1 Å². The van der Waals surface area contributed by atoms with E-state index in [0.717, 1.165) is 44.0 Å². The number of likely N-dealkylation sites (tertiary alicyclic amines) is 1. The van der Waals surface area contributed by atoms with Gasteiger partial charge in [0.2, 0.25) is 0 Å². The van der Waals surface area contributed by atoms with E-state index in [1.165, 1.54) is 6.07 Å². The zero-order valence-corrected chi connectivity index (χ0v) is 15.6. The van der Waals surface area contributed by atoms with Gasteiger partial charge in [-0.15, -0.1) is 10.2 Å². The Balaban J connectivity index is 1.68. The molecule has 1 aromatic heterocycles. The van der Waals surface area contributed by atoms with Crippen LogP contribution in [0.4, 0.5) is 5.82 Å². The van der Waals surface area contributed by atoms with Crippen molar-refractivity contribution in [1.29, 1.82) is 5.26 Å². The molecule has 0 bridgehead atoms. The number of nitriles is 1. The summed E-state index contributed by atoms with van der Waals surface area (Å²) in [6.07, 6.45) is 1.12. The van der Waals surface area contributed by atoms with Crippen molar-refractivity contribution in [3.63, 3.8) is 0 Å². The van der Waals surface area contributed by atoms with E-state index in [1.54, 1.807) is 6.07 Å². The van der Waals surface area contributed by atoms with Crippen molar-refractivity contribution in [3.8, 4) is 28.8 Å². The summed E-state index contributed by atoms with van der Waals surface area (Å²) in [5.41, 5.74) is 2.34. The van der Waals surface area contributed by atoms with Crippen molar-refractivity contribution >= 4 is 5.82 Å². The summed E-state index contributed by atoms with van der Waals surface area (Å²) in [5.74, 6) is 1.51. The van der Waals surface area contributed by atoms with Crippen LogP contribution in [0.15, 0.2) is 18.2 Å². The Hall–Kier alpha value is -2.85. The van der Waals surface area contributed by atoms with Crippen molar-refractivity contribution < 1.29 is 9.84 Å². The zero-order chi connectivity index (χ0) is 19.0. The van der Waals surface area contributed by atoms with Gasteiger partial charge < -0.3 is 19.6 Å². The van der Waals surface area contributed by atoms with E-state index in [2.05, 4.69) is 33.0 Å². The Morgan fingerprint density at radius 1 is 1.30 bits per heavy atom. The van der Waals surface area contributed by atoms with Crippen molar-refractivity contribution in [2.75, 3.05) is 37.7 Å². The molecule has 1 atom stereocenters. The number of nitrogens with zero attached hydrogens (tertiary/aromatic N) is 5. The molecule has 0 spiro atoms. The smallest absolute Gasteiger partial charge is 0.194 e. The lowest BCUT2D eigenvalue weighted by molar-refractivity contribution is 0.292. The average Bonchev–Trinajstić information content (AvgIpc) is 3.15. The van der Waals surface area contributed by atoms with Crippen LogP contribution in [0.25, 0.3) is 11.3 Å².